The van der Waals surface area contributed by atoms with Gasteiger partial charge in [0.1, 0.15) is 0 Å². The Morgan fingerprint density at radius 2 is 1.92 bits per heavy atom. The third-order valence-electron chi connectivity index (χ3n) is 1.12. The highest BCUT2D eigenvalue weighted by atomic mass is 32.2. The van der Waals surface area contributed by atoms with E-state index in [2.05, 4.69) is 15.8 Å². The first-order valence-corrected chi connectivity index (χ1v) is 4.32. The highest BCUT2D eigenvalue weighted by Crippen LogP contribution is 2.01. The van der Waals surface area contributed by atoms with Gasteiger partial charge in [-0.3, -0.25) is 4.55 Å². The molecule has 6 heteroatoms. The maximum Gasteiger partial charge on any atom is 0.247 e. The zero-order chi connectivity index (χ0) is 8.81. The van der Waals surface area contributed by atoms with Gasteiger partial charge in [-0.25, -0.2) is 4.21 Å². The monoisotopic (exact) mass is 187 g/mol. The molecule has 0 aliphatic rings. The first-order chi connectivity index (χ1) is 5.79. The van der Waals surface area contributed by atoms with Crippen LogP contribution in [0.25, 0.3) is 0 Å². The van der Waals surface area contributed by atoms with E-state index in [4.69, 9.17) is 4.55 Å². The molecule has 1 aromatic carbocycles. The molecule has 66 valence electrons. The highest BCUT2D eigenvalue weighted by molar-refractivity contribution is 7.77. The summed E-state index contributed by atoms with van der Waals surface area (Å²) < 4.78 is 18.4. The van der Waals surface area contributed by atoms with Crippen LogP contribution < -0.4 is 15.8 Å². The minimum atomic E-state index is -2.06. The van der Waals surface area contributed by atoms with Gasteiger partial charge in [0, 0.05) is 0 Å². The average Bonchev–Trinajstić information content (AvgIpc) is 2.05. The van der Waals surface area contributed by atoms with Crippen molar-refractivity contribution in [2.24, 2.45) is 0 Å². The minimum Gasteiger partial charge on any atom is -0.307 e. The molecule has 4 N–H and O–H groups in total. The van der Waals surface area contributed by atoms with Crippen molar-refractivity contribution in [1.82, 2.24) is 10.4 Å². The topological polar surface area (TPSA) is 73.4 Å². The van der Waals surface area contributed by atoms with E-state index in [1.807, 2.05) is 30.3 Å². The van der Waals surface area contributed by atoms with Crippen molar-refractivity contribution in [3.63, 3.8) is 0 Å². The SMILES string of the molecule is O=S(O)NNNc1ccccc1. The molecule has 0 radical (unpaired) electrons. The lowest BCUT2D eigenvalue weighted by Crippen LogP contribution is -2.37. The van der Waals surface area contributed by atoms with E-state index in [-0.39, 0.29) is 0 Å². The first kappa shape index (κ1) is 9.14. The fraction of sp³-hybridized carbons (Fsp3) is 0. The number of hydrazine groups is 2. The van der Waals surface area contributed by atoms with E-state index in [9.17, 15) is 4.21 Å². The van der Waals surface area contributed by atoms with Crippen molar-refractivity contribution < 1.29 is 8.76 Å². The summed E-state index contributed by atoms with van der Waals surface area (Å²) in [5.41, 5.74) is 5.81. The molecule has 0 saturated heterocycles. The molecule has 0 bridgehead atoms. The second-order valence-electron chi connectivity index (χ2n) is 1.97. The second-order valence-corrected chi connectivity index (χ2v) is 2.67. The van der Waals surface area contributed by atoms with Crippen LogP contribution in [0.15, 0.2) is 30.3 Å². The van der Waals surface area contributed by atoms with Crippen LogP contribution in [0.2, 0.25) is 0 Å². The van der Waals surface area contributed by atoms with Crippen LogP contribution in [-0.4, -0.2) is 8.76 Å². The van der Waals surface area contributed by atoms with E-state index in [1.54, 1.807) is 0 Å². The zero-order valence-electron chi connectivity index (χ0n) is 6.15. The third kappa shape index (κ3) is 3.44. The van der Waals surface area contributed by atoms with E-state index in [0.717, 1.165) is 5.69 Å². The Morgan fingerprint density at radius 3 is 2.50 bits per heavy atom. The van der Waals surface area contributed by atoms with Gasteiger partial charge < -0.3 is 5.43 Å². The molecule has 0 amide bonds. The molecule has 0 spiro atoms. The van der Waals surface area contributed by atoms with Gasteiger partial charge in [-0.05, 0) is 12.1 Å². The predicted octanol–water partition coefficient (Wildman–Crippen LogP) is 0.244. The zero-order valence-corrected chi connectivity index (χ0v) is 6.97. The Kier molecular flexibility index (Phi) is 3.68. The van der Waals surface area contributed by atoms with Crippen molar-refractivity contribution in [3.8, 4) is 0 Å². The van der Waals surface area contributed by atoms with Crippen molar-refractivity contribution in [1.29, 1.82) is 0 Å². The summed E-state index contributed by atoms with van der Waals surface area (Å²) in [5, 5.41) is 0. The fourth-order valence-corrected chi connectivity index (χ4v) is 0.801. The molecule has 0 aliphatic carbocycles. The molecule has 1 unspecified atom stereocenters. The number of hydrogen-bond acceptors (Lipinski definition) is 3. The van der Waals surface area contributed by atoms with Crippen LogP contribution in [-0.2, 0) is 11.3 Å². The Balaban J connectivity index is 2.29. The van der Waals surface area contributed by atoms with E-state index >= 15 is 0 Å². The molecule has 0 fully saturated rings. The smallest absolute Gasteiger partial charge is 0.247 e. The number of para-hydroxylation sites is 1. The van der Waals surface area contributed by atoms with Crippen molar-refractivity contribution in [2.75, 3.05) is 5.43 Å². The van der Waals surface area contributed by atoms with Crippen LogP contribution in [0.1, 0.15) is 0 Å². The van der Waals surface area contributed by atoms with Gasteiger partial charge in [0.2, 0.25) is 11.3 Å². The number of benzene rings is 1. The van der Waals surface area contributed by atoms with Gasteiger partial charge >= 0.3 is 0 Å². The lowest BCUT2D eigenvalue weighted by Gasteiger charge is -2.05. The fourth-order valence-electron chi connectivity index (χ4n) is 0.663. The molecule has 0 aliphatic heterocycles. The molecule has 12 heavy (non-hydrogen) atoms. The van der Waals surface area contributed by atoms with E-state index < -0.39 is 11.3 Å². The van der Waals surface area contributed by atoms with Crippen molar-refractivity contribution in [3.05, 3.63) is 30.3 Å². The number of hydrogen-bond donors (Lipinski definition) is 4. The second kappa shape index (κ2) is 4.83. The number of rotatable bonds is 4. The summed E-state index contributed by atoms with van der Waals surface area (Å²) in [5.74, 6) is 0. The molecule has 0 heterocycles. The Morgan fingerprint density at radius 1 is 1.25 bits per heavy atom. The summed E-state index contributed by atoms with van der Waals surface area (Å²) in [6.45, 7) is 0. The minimum absolute atomic E-state index is 0.801. The van der Waals surface area contributed by atoms with Gasteiger partial charge in [0.05, 0.1) is 5.69 Å². The normalized spacial score (nSPS) is 12.4. The molecular weight excluding hydrogens is 178 g/mol. The standard InChI is InChI=1S/C6H9N3O2S/c10-12(11)9-8-7-6-4-2-1-3-5-6/h1-5,7-9H,(H,10,11). The summed E-state index contributed by atoms with van der Waals surface area (Å²) in [6.07, 6.45) is 0. The lowest BCUT2D eigenvalue weighted by molar-refractivity contribution is 0.537. The highest BCUT2D eigenvalue weighted by Gasteiger charge is 1.89. The molecule has 0 saturated carbocycles. The third-order valence-corrected chi connectivity index (χ3v) is 1.40. The predicted molar refractivity (Wildman–Crippen MR) is 47.1 cm³/mol. The van der Waals surface area contributed by atoms with Gasteiger partial charge in [-0.1, -0.05) is 18.2 Å². The summed E-state index contributed by atoms with van der Waals surface area (Å²) in [6, 6.07) is 9.20. The van der Waals surface area contributed by atoms with Crippen LogP contribution in [0.3, 0.4) is 0 Å². The van der Waals surface area contributed by atoms with Gasteiger partial charge in [0.25, 0.3) is 0 Å². The Bertz CT molecular complexity index is 254. The van der Waals surface area contributed by atoms with E-state index in [0.29, 0.717) is 0 Å². The lowest BCUT2D eigenvalue weighted by atomic mass is 10.3. The Hall–Kier alpha value is -0.950. The van der Waals surface area contributed by atoms with Gasteiger partial charge in [0.15, 0.2) is 0 Å². The van der Waals surface area contributed by atoms with Crippen LogP contribution in [0.5, 0.6) is 0 Å². The quantitative estimate of drug-likeness (QED) is 0.402. The maximum absolute atomic E-state index is 10.1. The molecule has 1 aromatic rings. The number of nitrogens with one attached hydrogen (secondary N) is 3. The van der Waals surface area contributed by atoms with Gasteiger partial charge in [-0.15, -0.1) is 4.83 Å². The van der Waals surface area contributed by atoms with E-state index in [1.165, 1.54) is 0 Å². The molecule has 1 rings (SSSR count). The summed E-state index contributed by atoms with van der Waals surface area (Å²) >= 11 is -2.06. The van der Waals surface area contributed by atoms with Crippen LogP contribution >= 0.6 is 0 Å². The van der Waals surface area contributed by atoms with Crippen LogP contribution in [0.4, 0.5) is 5.69 Å². The Labute approximate surface area is 72.5 Å². The van der Waals surface area contributed by atoms with Crippen molar-refractivity contribution in [2.45, 2.75) is 0 Å². The number of anilines is 1. The van der Waals surface area contributed by atoms with Crippen molar-refractivity contribution >= 4 is 17.0 Å². The first-order valence-electron chi connectivity index (χ1n) is 3.21. The summed E-state index contributed by atoms with van der Waals surface area (Å²) in [7, 11) is 0. The molecule has 0 aromatic heterocycles. The molecule has 5 nitrogen and oxygen atoms in total. The van der Waals surface area contributed by atoms with Crippen LogP contribution in [0, 0.1) is 0 Å². The molecular formula is C6H9N3O2S. The average molecular weight is 187 g/mol. The van der Waals surface area contributed by atoms with Gasteiger partial charge in [-0.2, -0.15) is 5.53 Å². The largest absolute Gasteiger partial charge is 0.307 e. The maximum atomic E-state index is 10.1. The molecule has 1 atom stereocenters. The summed E-state index contributed by atoms with van der Waals surface area (Å²) in [4.78, 5) is 2.06.